The van der Waals surface area contributed by atoms with E-state index in [2.05, 4.69) is 10.6 Å². The van der Waals surface area contributed by atoms with Crippen molar-refractivity contribution in [2.24, 2.45) is 0 Å². The fraction of sp³-hybridized carbons (Fsp3) is 0.462. The molecule has 1 fully saturated rings. The van der Waals surface area contributed by atoms with Gasteiger partial charge in [-0.25, -0.2) is 13.6 Å². The van der Waals surface area contributed by atoms with Crippen molar-refractivity contribution in [3.8, 4) is 0 Å². The maximum absolute atomic E-state index is 13.5. The van der Waals surface area contributed by atoms with Gasteiger partial charge in [-0.1, -0.05) is 11.6 Å². The minimum absolute atomic E-state index is 0.192. The Kier molecular flexibility index (Phi) is 4.45. The van der Waals surface area contributed by atoms with Crippen LogP contribution in [0.2, 0.25) is 5.02 Å². The third-order valence-corrected chi connectivity index (χ3v) is 3.81. The van der Waals surface area contributed by atoms with E-state index in [-0.39, 0.29) is 16.3 Å². The molecule has 2 N–H and O–H groups in total. The predicted molar refractivity (Wildman–Crippen MR) is 72.0 cm³/mol. The maximum atomic E-state index is 13.5. The van der Waals surface area contributed by atoms with E-state index in [1.165, 1.54) is 0 Å². The molecule has 0 bridgehead atoms. The number of carbonyl (C=O) groups is 1. The van der Waals surface area contributed by atoms with Crippen LogP contribution in [0.5, 0.6) is 0 Å². The Bertz CT molecular complexity index is 493. The number of urea groups is 1. The van der Waals surface area contributed by atoms with Gasteiger partial charge in [-0.2, -0.15) is 0 Å². The van der Waals surface area contributed by atoms with Crippen LogP contribution >= 0.6 is 11.6 Å². The lowest BCUT2D eigenvalue weighted by Gasteiger charge is -2.40. The van der Waals surface area contributed by atoms with Gasteiger partial charge in [0.1, 0.15) is 5.82 Å². The molecule has 0 radical (unpaired) electrons. The minimum atomic E-state index is -0.921. The standard InChI is InChI=1S/C13H15ClF2N2O2/c1-20-13(3-2-4-13)7-17-12(19)18-11-9(14)5-8(15)6-10(11)16/h5-6H,2-4,7H2,1H3,(H2,17,18,19). The molecule has 0 aliphatic heterocycles. The molecule has 0 aromatic heterocycles. The Morgan fingerprint density at radius 3 is 2.65 bits per heavy atom. The molecular formula is C13H15ClF2N2O2. The number of benzene rings is 1. The molecule has 1 saturated carbocycles. The van der Waals surface area contributed by atoms with Gasteiger partial charge in [-0.3, -0.25) is 0 Å². The highest BCUT2D eigenvalue weighted by molar-refractivity contribution is 6.33. The first-order valence-corrected chi connectivity index (χ1v) is 6.58. The Hall–Kier alpha value is -1.40. The van der Waals surface area contributed by atoms with Gasteiger partial charge in [-0.05, 0) is 25.3 Å². The summed E-state index contributed by atoms with van der Waals surface area (Å²) in [5.74, 6) is -1.72. The van der Waals surface area contributed by atoms with Crippen LogP contribution in [-0.4, -0.2) is 25.3 Å². The number of nitrogens with one attached hydrogen (secondary N) is 2. The molecule has 20 heavy (non-hydrogen) atoms. The number of anilines is 1. The van der Waals surface area contributed by atoms with E-state index in [9.17, 15) is 13.6 Å². The normalized spacial score (nSPS) is 16.4. The van der Waals surface area contributed by atoms with Crippen LogP contribution < -0.4 is 10.6 Å². The third kappa shape index (κ3) is 3.19. The van der Waals surface area contributed by atoms with Gasteiger partial charge in [-0.15, -0.1) is 0 Å². The van der Waals surface area contributed by atoms with Crippen molar-refractivity contribution in [3.63, 3.8) is 0 Å². The Labute approximate surface area is 120 Å². The lowest BCUT2D eigenvalue weighted by Crippen LogP contribution is -2.50. The van der Waals surface area contributed by atoms with E-state index in [1.807, 2.05) is 0 Å². The van der Waals surface area contributed by atoms with Gasteiger partial charge in [0, 0.05) is 19.7 Å². The highest BCUT2D eigenvalue weighted by Gasteiger charge is 2.37. The zero-order valence-electron chi connectivity index (χ0n) is 10.9. The van der Waals surface area contributed by atoms with Gasteiger partial charge in [0.05, 0.1) is 16.3 Å². The molecule has 1 aliphatic rings. The first-order valence-electron chi connectivity index (χ1n) is 6.20. The monoisotopic (exact) mass is 304 g/mol. The molecule has 0 unspecified atom stereocenters. The van der Waals surface area contributed by atoms with Gasteiger partial charge in [0.2, 0.25) is 0 Å². The van der Waals surface area contributed by atoms with Crippen LogP contribution in [0.1, 0.15) is 19.3 Å². The lowest BCUT2D eigenvalue weighted by molar-refractivity contribution is -0.0671. The van der Waals surface area contributed by atoms with Crippen molar-refractivity contribution in [2.45, 2.75) is 24.9 Å². The molecule has 1 aromatic carbocycles. The van der Waals surface area contributed by atoms with Crippen molar-refractivity contribution >= 4 is 23.3 Å². The topological polar surface area (TPSA) is 50.4 Å². The summed E-state index contributed by atoms with van der Waals surface area (Å²) in [7, 11) is 1.59. The zero-order chi connectivity index (χ0) is 14.8. The van der Waals surface area contributed by atoms with Crippen LogP contribution in [0.25, 0.3) is 0 Å². The quantitative estimate of drug-likeness (QED) is 0.896. The Balaban J connectivity index is 1.95. The second-order valence-electron chi connectivity index (χ2n) is 4.79. The van der Waals surface area contributed by atoms with E-state index < -0.39 is 17.7 Å². The number of methoxy groups -OCH3 is 1. The molecule has 1 aromatic rings. The van der Waals surface area contributed by atoms with Crippen molar-refractivity contribution in [3.05, 3.63) is 28.8 Å². The van der Waals surface area contributed by atoms with E-state index in [4.69, 9.17) is 16.3 Å². The molecule has 0 saturated heterocycles. The average Bonchev–Trinajstić information content (AvgIpc) is 2.33. The SMILES string of the molecule is COC1(CNC(=O)Nc2c(F)cc(F)cc2Cl)CCC1. The number of halogens is 3. The highest BCUT2D eigenvalue weighted by Crippen LogP contribution is 2.34. The van der Waals surface area contributed by atoms with Crippen LogP contribution in [0, 0.1) is 11.6 Å². The molecule has 4 nitrogen and oxygen atoms in total. The number of hydrogen-bond acceptors (Lipinski definition) is 2. The third-order valence-electron chi connectivity index (χ3n) is 3.51. The van der Waals surface area contributed by atoms with Crippen molar-refractivity contribution < 1.29 is 18.3 Å². The fourth-order valence-electron chi connectivity index (χ4n) is 2.08. The van der Waals surface area contributed by atoms with Crippen LogP contribution in [0.4, 0.5) is 19.3 Å². The first-order chi connectivity index (χ1) is 9.46. The summed E-state index contributed by atoms with van der Waals surface area (Å²) in [5, 5.41) is 4.68. The molecule has 0 spiro atoms. The fourth-order valence-corrected chi connectivity index (χ4v) is 2.33. The number of carbonyl (C=O) groups excluding carboxylic acids is 1. The molecule has 1 aliphatic carbocycles. The molecule has 110 valence electrons. The van der Waals surface area contributed by atoms with Gasteiger partial charge in [0.15, 0.2) is 5.82 Å². The summed E-state index contributed by atoms with van der Waals surface area (Å²) in [6.07, 6.45) is 2.79. The van der Waals surface area contributed by atoms with Crippen molar-refractivity contribution in [1.82, 2.24) is 5.32 Å². The largest absolute Gasteiger partial charge is 0.376 e. The second-order valence-corrected chi connectivity index (χ2v) is 5.20. The molecule has 2 amide bonds. The summed E-state index contributed by atoms with van der Waals surface area (Å²) >= 11 is 5.69. The van der Waals surface area contributed by atoms with E-state index in [1.54, 1.807) is 7.11 Å². The summed E-state index contributed by atoms with van der Waals surface area (Å²) in [4.78, 5) is 11.7. The lowest BCUT2D eigenvalue weighted by atomic mass is 9.80. The maximum Gasteiger partial charge on any atom is 0.319 e. The van der Waals surface area contributed by atoms with E-state index in [0.717, 1.165) is 25.3 Å². The number of ether oxygens (including phenoxy) is 1. The van der Waals surface area contributed by atoms with Crippen LogP contribution in [0.15, 0.2) is 12.1 Å². The summed E-state index contributed by atoms with van der Waals surface area (Å²) < 4.78 is 31.7. The highest BCUT2D eigenvalue weighted by atomic mass is 35.5. The summed E-state index contributed by atoms with van der Waals surface area (Å²) in [6.45, 7) is 0.329. The summed E-state index contributed by atoms with van der Waals surface area (Å²) in [5.41, 5.74) is -0.576. The van der Waals surface area contributed by atoms with Gasteiger partial charge in [0.25, 0.3) is 0 Å². The molecular weight excluding hydrogens is 290 g/mol. The van der Waals surface area contributed by atoms with Gasteiger partial charge < -0.3 is 15.4 Å². The zero-order valence-corrected chi connectivity index (χ0v) is 11.7. The summed E-state index contributed by atoms with van der Waals surface area (Å²) in [6, 6.07) is 0.980. The molecule has 7 heteroatoms. The van der Waals surface area contributed by atoms with E-state index >= 15 is 0 Å². The smallest absolute Gasteiger partial charge is 0.319 e. The number of amides is 2. The van der Waals surface area contributed by atoms with Crippen LogP contribution in [0.3, 0.4) is 0 Å². The minimum Gasteiger partial charge on any atom is -0.376 e. The Morgan fingerprint density at radius 1 is 1.45 bits per heavy atom. The van der Waals surface area contributed by atoms with E-state index in [0.29, 0.717) is 12.6 Å². The first kappa shape index (κ1) is 15.0. The predicted octanol–water partition coefficient (Wildman–Crippen LogP) is 3.31. The number of hydrogen-bond donors (Lipinski definition) is 2. The van der Waals surface area contributed by atoms with Gasteiger partial charge >= 0.3 is 6.03 Å². The molecule has 0 heterocycles. The molecule has 2 rings (SSSR count). The average molecular weight is 305 g/mol. The van der Waals surface area contributed by atoms with Crippen molar-refractivity contribution in [1.29, 1.82) is 0 Å². The van der Waals surface area contributed by atoms with Crippen molar-refractivity contribution in [2.75, 3.05) is 19.0 Å². The second kappa shape index (κ2) is 5.93. The van der Waals surface area contributed by atoms with Crippen LogP contribution in [-0.2, 0) is 4.74 Å². The molecule has 0 atom stereocenters. The Morgan fingerprint density at radius 2 is 2.15 bits per heavy atom. The number of rotatable bonds is 4.